The molecule has 0 atom stereocenters. The van der Waals surface area contributed by atoms with Gasteiger partial charge < -0.3 is 4.74 Å². The highest BCUT2D eigenvalue weighted by atomic mass is 79.9. The summed E-state index contributed by atoms with van der Waals surface area (Å²) in [5.41, 5.74) is 2.89. The summed E-state index contributed by atoms with van der Waals surface area (Å²) in [4.78, 5) is 16.8. The van der Waals surface area contributed by atoms with Crippen molar-refractivity contribution in [3.8, 4) is 0 Å². The van der Waals surface area contributed by atoms with Crippen LogP contribution in [0.3, 0.4) is 0 Å². The maximum Gasteiger partial charge on any atom is 0.339 e. The van der Waals surface area contributed by atoms with Crippen LogP contribution >= 0.6 is 15.9 Å². The summed E-state index contributed by atoms with van der Waals surface area (Å²) in [6.45, 7) is 8.21. The number of hydrogen-bond donors (Lipinski definition) is 1. The van der Waals surface area contributed by atoms with Gasteiger partial charge in [0.15, 0.2) is 5.65 Å². The lowest BCUT2D eigenvalue weighted by atomic mass is 9.96. The van der Waals surface area contributed by atoms with Gasteiger partial charge in [-0.25, -0.2) is 9.78 Å². The molecule has 0 unspecified atom stereocenters. The average molecular weight is 340 g/mol. The van der Waals surface area contributed by atoms with Crippen LogP contribution in [0.5, 0.6) is 0 Å². The SMILES string of the molecule is CCOC(=O)c1c(C(C)C)c(Br)nc2[nH]nc(CC)c12. The Hall–Kier alpha value is -1.43. The van der Waals surface area contributed by atoms with Gasteiger partial charge in [-0.15, -0.1) is 0 Å². The van der Waals surface area contributed by atoms with Crippen molar-refractivity contribution < 1.29 is 9.53 Å². The zero-order chi connectivity index (χ0) is 14.9. The second-order valence-corrected chi connectivity index (χ2v) is 5.57. The van der Waals surface area contributed by atoms with Crippen molar-refractivity contribution in [2.45, 2.75) is 40.0 Å². The monoisotopic (exact) mass is 339 g/mol. The van der Waals surface area contributed by atoms with Gasteiger partial charge in [-0.1, -0.05) is 20.8 Å². The number of fused-ring (bicyclic) bond motifs is 1. The van der Waals surface area contributed by atoms with E-state index in [0.29, 0.717) is 22.4 Å². The Morgan fingerprint density at radius 2 is 2.10 bits per heavy atom. The van der Waals surface area contributed by atoms with Gasteiger partial charge >= 0.3 is 5.97 Å². The highest BCUT2D eigenvalue weighted by Crippen LogP contribution is 2.33. The van der Waals surface area contributed by atoms with Crippen LogP contribution in [-0.4, -0.2) is 27.8 Å². The van der Waals surface area contributed by atoms with Gasteiger partial charge in [-0.2, -0.15) is 5.10 Å². The minimum absolute atomic E-state index is 0.153. The second-order valence-electron chi connectivity index (χ2n) is 4.81. The van der Waals surface area contributed by atoms with E-state index >= 15 is 0 Å². The van der Waals surface area contributed by atoms with Crippen molar-refractivity contribution in [2.75, 3.05) is 6.61 Å². The zero-order valence-corrected chi connectivity index (χ0v) is 13.7. The number of H-pyrrole nitrogens is 1. The molecule has 0 radical (unpaired) electrons. The van der Waals surface area contributed by atoms with Crippen molar-refractivity contribution in [1.82, 2.24) is 15.2 Å². The maximum atomic E-state index is 12.4. The van der Waals surface area contributed by atoms with Gasteiger partial charge in [0, 0.05) is 5.56 Å². The number of hydrogen-bond acceptors (Lipinski definition) is 4. The molecule has 2 rings (SSSR count). The number of esters is 1. The lowest BCUT2D eigenvalue weighted by molar-refractivity contribution is 0.0526. The van der Waals surface area contributed by atoms with Gasteiger partial charge in [0.1, 0.15) is 4.60 Å². The number of pyridine rings is 1. The molecule has 0 saturated carbocycles. The molecule has 2 aromatic rings. The van der Waals surface area contributed by atoms with Gasteiger partial charge in [0.05, 0.1) is 23.3 Å². The predicted octanol–water partition coefficient (Wildman–Crippen LogP) is 3.58. The van der Waals surface area contributed by atoms with Gasteiger partial charge in [0.2, 0.25) is 0 Å². The van der Waals surface area contributed by atoms with Crippen molar-refractivity contribution in [1.29, 1.82) is 0 Å². The van der Waals surface area contributed by atoms with Gasteiger partial charge in [-0.3, -0.25) is 5.10 Å². The highest BCUT2D eigenvalue weighted by molar-refractivity contribution is 9.10. The number of carbonyl (C=O) groups excluding carboxylic acids is 1. The lowest BCUT2D eigenvalue weighted by Crippen LogP contribution is -2.12. The first kappa shape index (κ1) is 15.0. The number of aryl methyl sites for hydroxylation is 1. The predicted molar refractivity (Wildman–Crippen MR) is 81.0 cm³/mol. The number of aromatic nitrogens is 3. The van der Waals surface area contributed by atoms with E-state index in [1.807, 2.05) is 20.8 Å². The molecule has 0 aliphatic heterocycles. The molecule has 0 aliphatic rings. The number of nitrogens with zero attached hydrogens (tertiary/aromatic N) is 2. The first-order valence-corrected chi connectivity index (χ1v) is 7.53. The van der Waals surface area contributed by atoms with Crippen LogP contribution in [0.1, 0.15) is 55.2 Å². The Morgan fingerprint density at radius 3 is 2.65 bits per heavy atom. The Kier molecular flexibility index (Phi) is 4.42. The molecule has 0 bridgehead atoms. The van der Waals surface area contributed by atoms with Gasteiger partial charge in [0.25, 0.3) is 0 Å². The third-order valence-corrected chi connectivity index (χ3v) is 3.77. The smallest absolute Gasteiger partial charge is 0.339 e. The molecule has 0 amide bonds. The molecule has 0 spiro atoms. The average Bonchev–Trinajstić information content (AvgIpc) is 2.79. The Labute approximate surface area is 126 Å². The summed E-state index contributed by atoms with van der Waals surface area (Å²) in [6, 6.07) is 0. The molecule has 2 heterocycles. The molecular formula is C14H18BrN3O2. The summed E-state index contributed by atoms with van der Waals surface area (Å²) < 4.78 is 5.88. The molecule has 0 aromatic carbocycles. The minimum Gasteiger partial charge on any atom is -0.462 e. The van der Waals surface area contributed by atoms with E-state index in [1.165, 1.54) is 0 Å². The molecule has 0 fully saturated rings. The van der Waals surface area contributed by atoms with E-state index in [4.69, 9.17) is 4.74 Å². The summed E-state index contributed by atoms with van der Waals surface area (Å²) in [5.74, 6) is -0.166. The van der Waals surface area contributed by atoms with Crippen LogP contribution in [0, 0.1) is 0 Å². The topological polar surface area (TPSA) is 67.9 Å². The molecule has 20 heavy (non-hydrogen) atoms. The molecule has 1 N–H and O–H groups in total. The van der Waals surface area contributed by atoms with Crippen molar-refractivity contribution in [3.63, 3.8) is 0 Å². The summed E-state index contributed by atoms with van der Waals surface area (Å²) >= 11 is 3.45. The summed E-state index contributed by atoms with van der Waals surface area (Å²) in [5, 5.41) is 7.90. The highest BCUT2D eigenvalue weighted by Gasteiger charge is 2.25. The molecule has 5 nitrogen and oxygen atoms in total. The normalized spacial score (nSPS) is 11.3. The maximum absolute atomic E-state index is 12.4. The van der Waals surface area contributed by atoms with Crippen LogP contribution in [0.2, 0.25) is 0 Å². The van der Waals surface area contributed by atoms with Crippen molar-refractivity contribution in [3.05, 3.63) is 21.4 Å². The van der Waals surface area contributed by atoms with E-state index in [0.717, 1.165) is 23.1 Å². The fraction of sp³-hybridized carbons (Fsp3) is 0.500. The summed E-state index contributed by atoms with van der Waals surface area (Å²) in [6.07, 6.45) is 0.729. The lowest BCUT2D eigenvalue weighted by Gasteiger charge is -2.15. The molecule has 0 saturated heterocycles. The van der Waals surface area contributed by atoms with E-state index in [1.54, 1.807) is 6.92 Å². The van der Waals surface area contributed by atoms with Crippen molar-refractivity contribution in [2.24, 2.45) is 0 Å². The Morgan fingerprint density at radius 1 is 1.40 bits per heavy atom. The first-order chi connectivity index (χ1) is 9.51. The fourth-order valence-electron chi connectivity index (χ4n) is 2.31. The number of rotatable bonds is 4. The Bertz CT molecular complexity index is 649. The fourth-order valence-corrected chi connectivity index (χ4v) is 3.14. The number of halogens is 1. The van der Waals surface area contributed by atoms with Gasteiger partial charge in [-0.05, 0) is 35.2 Å². The second kappa shape index (κ2) is 5.91. The molecular weight excluding hydrogens is 322 g/mol. The number of nitrogens with one attached hydrogen (secondary N) is 1. The van der Waals surface area contributed by atoms with E-state index < -0.39 is 0 Å². The number of aromatic amines is 1. The molecule has 2 aromatic heterocycles. The van der Waals surface area contributed by atoms with E-state index in [-0.39, 0.29) is 11.9 Å². The zero-order valence-electron chi connectivity index (χ0n) is 12.1. The van der Waals surface area contributed by atoms with Crippen LogP contribution in [0.4, 0.5) is 0 Å². The van der Waals surface area contributed by atoms with Crippen LogP contribution in [-0.2, 0) is 11.2 Å². The minimum atomic E-state index is -0.319. The quantitative estimate of drug-likeness (QED) is 0.682. The molecule has 6 heteroatoms. The van der Waals surface area contributed by atoms with Crippen molar-refractivity contribution >= 4 is 32.9 Å². The van der Waals surface area contributed by atoms with Crippen LogP contribution in [0.15, 0.2) is 4.60 Å². The summed E-state index contributed by atoms with van der Waals surface area (Å²) in [7, 11) is 0. The third-order valence-electron chi connectivity index (χ3n) is 3.17. The molecule has 0 aliphatic carbocycles. The first-order valence-electron chi connectivity index (χ1n) is 6.74. The largest absolute Gasteiger partial charge is 0.462 e. The number of ether oxygens (including phenoxy) is 1. The van der Waals surface area contributed by atoms with E-state index in [9.17, 15) is 4.79 Å². The Balaban J connectivity index is 2.84. The third kappa shape index (κ3) is 2.44. The molecule has 108 valence electrons. The standard InChI is InChI=1S/C14H18BrN3O2/c1-5-8-10-11(14(19)20-6-2)9(7(3)4)12(15)16-13(10)18-17-8/h7H,5-6H2,1-4H3,(H,16,17,18). The van der Waals surface area contributed by atoms with E-state index in [2.05, 4.69) is 31.1 Å². The number of carbonyl (C=O) groups is 1. The van der Waals surface area contributed by atoms with Crippen LogP contribution < -0.4 is 0 Å². The van der Waals surface area contributed by atoms with Crippen LogP contribution in [0.25, 0.3) is 11.0 Å².